The molecule has 1 unspecified atom stereocenters. The summed E-state index contributed by atoms with van der Waals surface area (Å²) in [5.74, 6) is -1.15. The van der Waals surface area contributed by atoms with Crippen molar-refractivity contribution in [3.05, 3.63) is 53.3 Å². The average molecular weight is 465 g/mol. The molecule has 5 N–H and O–H groups in total. The van der Waals surface area contributed by atoms with Crippen molar-refractivity contribution in [2.24, 2.45) is 10.7 Å². The first kappa shape index (κ1) is 21.9. The Morgan fingerprint density at radius 1 is 1.18 bits per heavy atom. The highest BCUT2D eigenvalue weighted by Gasteiger charge is 2.36. The van der Waals surface area contributed by atoms with Gasteiger partial charge in [0.05, 0.1) is 12.2 Å². The molecule has 1 aliphatic carbocycles. The topological polar surface area (TPSA) is 129 Å². The number of hydrogen-bond acceptors (Lipinski definition) is 6. The van der Waals surface area contributed by atoms with Gasteiger partial charge in [0, 0.05) is 29.9 Å². The number of guanidine groups is 1. The summed E-state index contributed by atoms with van der Waals surface area (Å²) in [6.07, 6.45) is 2.45. The van der Waals surface area contributed by atoms with Gasteiger partial charge in [-0.25, -0.2) is 4.39 Å². The van der Waals surface area contributed by atoms with Gasteiger partial charge in [-0.3, -0.25) is 29.6 Å². The standard InChI is InChI=1S/C24H25FN6O3/c25-18-11-14(23(34)30-24-27-8-9-28-24)10-17(13-4-5-13)21(18)29-15-2-1-3-16(12-15)31-19(22(26)33)6-7-20(31)32/h1-3,10-13,19,29H,4-9H2,(H2,26,33)(H2,27,28,30,34). The Hall–Kier alpha value is -3.95. The third-order valence-corrected chi connectivity index (χ3v) is 6.24. The molecular weight excluding hydrogens is 439 g/mol. The highest BCUT2D eigenvalue weighted by molar-refractivity contribution is 6.06. The minimum Gasteiger partial charge on any atom is -0.368 e. The maximum absolute atomic E-state index is 15.3. The first-order chi connectivity index (χ1) is 16.4. The summed E-state index contributed by atoms with van der Waals surface area (Å²) < 4.78 is 15.3. The van der Waals surface area contributed by atoms with E-state index in [1.165, 1.54) is 11.0 Å². The van der Waals surface area contributed by atoms with Crippen LogP contribution in [0.15, 0.2) is 41.4 Å². The number of nitrogens with two attached hydrogens (primary N) is 1. The van der Waals surface area contributed by atoms with E-state index in [-0.39, 0.29) is 23.8 Å². The van der Waals surface area contributed by atoms with Crippen LogP contribution in [0.2, 0.25) is 0 Å². The highest BCUT2D eigenvalue weighted by Crippen LogP contribution is 2.45. The van der Waals surface area contributed by atoms with Crippen molar-refractivity contribution in [1.29, 1.82) is 0 Å². The quantitative estimate of drug-likeness (QED) is 0.521. The number of nitrogens with one attached hydrogen (secondary N) is 3. The third kappa shape index (κ3) is 4.30. The zero-order valence-electron chi connectivity index (χ0n) is 18.4. The van der Waals surface area contributed by atoms with Gasteiger partial charge in [-0.05, 0) is 61.1 Å². The zero-order chi connectivity index (χ0) is 23.8. The van der Waals surface area contributed by atoms with Gasteiger partial charge >= 0.3 is 0 Å². The van der Waals surface area contributed by atoms with Crippen LogP contribution in [0.5, 0.6) is 0 Å². The van der Waals surface area contributed by atoms with E-state index in [0.717, 1.165) is 18.4 Å². The number of aliphatic imine (C=N–C) groups is 1. The SMILES string of the molecule is NC(=O)C1CCC(=O)N1c1cccc(Nc2c(F)cc(C(=O)NC3=NCCN3)cc2C2CC2)c1. The summed E-state index contributed by atoms with van der Waals surface area (Å²) in [6, 6.07) is 9.12. The van der Waals surface area contributed by atoms with Crippen LogP contribution < -0.4 is 26.6 Å². The van der Waals surface area contributed by atoms with Gasteiger partial charge < -0.3 is 16.4 Å². The smallest absolute Gasteiger partial charge is 0.258 e. The number of carbonyl (C=O) groups excluding carboxylic acids is 3. The van der Waals surface area contributed by atoms with Crippen LogP contribution in [0, 0.1) is 5.82 Å². The van der Waals surface area contributed by atoms with E-state index in [1.807, 2.05) is 0 Å². The predicted octanol–water partition coefficient (Wildman–Crippen LogP) is 2.12. The number of amides is 3. The monoisotopic (exact) mass is 464 g/mol. The van der Waals surface area contributed by atoms with Gasteiger partial charge in [0.15, 0.2) is 5.96 Å². The number of primary amides is 1. The largest absolute Gasteiger partial charge is 0.368 e. The number of anilines is 3. The second-order valence-electron chi connectivity index (χ2n) is 8.70. The van der Waals surface area contributed by atoms with Crippen LogP contribution in [0.4, 0.5) is 21.5 Å². The second kappa shape index (κ2) is 8.77. The summed E-state index contributed by atoms with van der Waals surface area (Å²) in [5.41, 5.74) is 7.80. The molecule has 3 amide bonds. The Morgan fingerprint density at radius 2 is 2.00 bits per heavy atom. The Bertz CT molecular complexity index is 1210. The van der Waals surface area contributed by atoms with E-state index >= 15 is 4.39 Å². The van der Waals surface area contributed by atoms with Crippen molar-refractivity contribution in [3.63, 3.8) is 0 Å². The molecule has 1 saturated carbocycles. The van der Waals surface area contributed by atoms with Crippen LogP contribution >= 0.6 is 0 Å². The molecule has 176 valence electrons. The van der Waals surface area contributed by atoms with E-state index in [0.29, 0.717) is 42.5 Å². The van der Waals surface area contributed by atoms with Gasteiger partial charge in [-0.2, -0.15) is 0 Å². The Labute approximate surface area is 195 Å². The fourth-order valence-corrected chi connectivity index (χ4v) is 4.42. The molecule has 9 nitrogen and oxygen atoms in total. The van der Waals surface area contributed by atoms with Crippen molar-refractivity contribution < 1.29 is 18.8 Å². The van der Waals surface area contributed by atoms with E-state index in [4.69, 9.17) is 5.73 Å². The molecule has 2 heterocycles. The number of nitrogens with zero attached hydrogens (tertiary/aromatic N) is 2. The summed E-state index contributed by atoms with van der Waals surface area (Å²) in [7, 11) is 0. The van der Waals surface area contributed by atoms with Crippen molar-refractivity contribution in [1.82, 2.24) is 10.6 Å². The minimum atomic E-state index is -0.696. The number of benzene rings is 2. The highest BCUT2D eigenvalue weighted by atomic mass is 19.1. The molecule has 2 fully saturated rings. The summed E-state index contributed by atoms with van der Waals surface area (Å²) in [6.45, 7) is 1.24. The summed E-state index contributed by atoms with van der Waals surface area (Å²) >= 11 is 0. The molecule has 1 saturated heterocycles. The molecule has 10 heteroatoms. The third-order valence-electron chi connectivity index (χ3n) is 6.24. The predicted molar refractivity (Wildman–Crippen MR) is 126 cm³/mol. The van der Waals surface area contributed by atoms with Gasteiger partial charge in [0.2, 0.25) is 11.8 Å². The Morgan fingerprint density at radius 3 is 2.71 bits per heavy atom. The van der Waals surface area contributed by atoms with E-state index < -0.39 is 23.7 Å². The zero-order valence-corrected chi connectivity index (χ0v) is 18.4. The van der Waals surface area contributed by atoms with Crippen molar-refractivity contribution in [2.45, 2.75) is 37.6 Å². The molecule has 0 radical (unpaired) electrons. The van der Waals surface area contributed by atoms with Crippen molar-refractivity contribution >= 4 is 40.7 Å². The molecule has 2 aromatic carbocycles. The molecule has 2 aliphatic heterocycles. The van der Waals surface area contributed by atoms with Crippen LogP contribution in [0.25, 0.3) is 0 Å². The average Bonchev–Trinajstić information content (AvgIpc) is 3.39. The number of halogens is 1. The van der Waals surface area contributed by atoms with Gasteiger partial charge in [-0.15, -0.1) is 0 Å². The van der Waals surface area contributed by atoms with E-state index in [1.54, 1.807) is 30.3 Å². The molecule has 0 spiro atoms. The first-order valence-corrected chi connectivity index (χ1v) is 11.3. The lowest BCUT2D eigenvalue weighted by molar-refractivity contribution is -0.121. The van der Waals surface area contributed by atoms with Crippen LogP contribution in [0.3, 0.4) is 0 Å². The molecular formula is C24H25FN6O3. The number of rotatable bonds is 6. The lowest BCUT2D eigenvalue weighted by Crippen LogP contribution is -2.42. The molecule has 34 heavy (non-hydrogen) atoms. The number of carbonyl (C=O) groups is 3. The lowest BCUT2D eigenvalue weighted by atomic mass is 10.0. The number of hydrogen-bond donors (Lipinski definition) is 4. The molecule has 1 atom stereocenters. The molecule has 0 bridgehead atoms. The van der Waals surface area contributed by atoms with Crippen molar-refractivity contribution in [2.75, 3.05) is 23.3 Å². The second-order valence-corrected chi connectivity index (χ2v) is 8.70. The van der Waals surface area contributed by atoms with Gasteiger partial charge in [0.25, 0.3) is 5.91 Å². The Kier molecular flexibility index (Phi) is 5.64. The maximum Gasteiger partial charge on any atom is 0.258 e. The molecule has 5 rings (SSSR count). The van der Waals surface area contributed by atoms with Crippen LogP contribution in [0.1, 0.15) is 47.5 Å². The van der Waals surface area contributed by atoms with E-state index in [2.05, 4.69) is 20.9 Å². The molecule has 3 aliphatic rings. The van der Waals surface area contributed by atoms with Crippen LogP contribution in [-0.4, -0.2) is 42.8 Å². The van der Waals surface area contributed by atoms with Gasteiger partial charge in [-0.1, -0.05) is 6.07 Å². The fraction of sp³-hybridized carbons (Fsp3) is 0.333. The summed E-state index contributed by atoms with van der Waals surface area (Å²) in [5, 5.41) is 8.76. The van der Waals surface area contributed by atoms with Crippen molar-refractivity contribution in [3.8, 4) is 0 Å². The van der Waals surface area contributed by atoms with Gasteiger partial charge in [0.1, 0.15) is 11.9 Å². The molecule has 2 aromatic rings. The fourth-order valence-electron chi connectivity index (χ4n) is 4.42. The van der Waals surface area contributed by atoms with E-state index in [9.17, 15) is 14.4 Å². The minimum absolute atomic E-state index is 0.161. The summed E-state index contributed by atoms with van der Waals surface area (Å²) in [4.78, 5) is 42.3. The maximum atomic E-state index is 15.3. The van der Waals surface area contributed by atoms with Crippen LogP contribution in [-0.2, 0) is 9.59 Å². The Balaban J connectivity index is 1.42. The lowest BCUT2D eigenvalue weighted by Gasteiger charge is -2.23. The molecule has 0 aromatic heterocycles. The normalized spacial score (nSPS) is 19.6. The first-order valence-electron chi connectivity index (χ1n) is 11.3.